The molecule has 0 spiro atoms. The van der Waals surface area contributed by atoms with Crippen LogP contribution in [0.15, 0.2) is 24.3 Å². The van der Waals surface area contributed by atoms with E-state index in [1.807, 2.05) is 6.92 Å². The lowest BCUT2D eigenvalue weighted by Gasteiger charge is -2.16. The molecule has 0 amide bonds. The molecule has 0 aliphatic carbocycles. The normalized spacial score (nSPS) is 13.3. The van der Waals surface area contributed by atoms with Gasteiger partial charge < -0.3 is 15.2 Å². The molecule has 0 radical (unpaired) electrons. The number of para-hydroxylation sites is 1. The Morgan fingerprint density at radius 1 is 1.32 bits per heavy atom. The van der Waals surface area contributed by atoms with Crippen molar-refractivity contribution in [1.29, 1.82) is 0 Å². The standard InChI is InChI=1S/C13H18F3NO2/c1-2-7-17-8-10(18)9-19-12-6-4-3-5-11(12)13(14,15)16/h3-6,10,17-18H,2,7-9H2,1H3. The maximum Gasteiger partial charge on any atom is 0.419 e. The van der Waals surface area contributed by atoms with Gasteiger partial charge in [0.05, 0.1) is 5.56 Å². The molecule has 0 aromatic heterocycles. The van der Waals surface area contributed by atoms with E-state index in [9.17, 15) is 18.3 Å². The highest BCUT2D eigenvalue weighted by molar-refractivity contribution is 5.35. The molecule has 19 heavy (non-hydrogen) atoms. The fraction of sp³-hybridized carbons (Fsp3) is 0.538. The summed E-state index contributed by atoms with van der Waals surface area (Å²) in [6, 6.07) is 4.97. The maximum atomic E-state index is 12.7. The highest BCUT2D eigenvalue weighted by Crippen LogP contribution is 2.35. The second-order valence-electron chi connectivity index (χ2n) is 4.16. The van der Waals surface area contributed by atoms with Gasteiger partial charge in [-0.3, -0.25) is 0 Å². The number of halogens is 3. The summed E-state index contributed by atoms with van der Waals surface area (Å²) < 4.78 is 43.0. The van der Waals surface area contributed by atoms with Crippen LogP contribution in [0.1, 0.15) is 18.9 Å². The first-order valence-electron chi connectivity index (χ1n) is 6.13. The summed E-state index contributed by atoms with van der Waals surface area (Å²) >= 11 is 0. The molecule has 0 heterocycles. The van der Waals surface area contributed by atoms with Crippen molar-refractivity contribution in [3.63, 3.8) is 0 Å². The van der Waals surface area contributed by atoms with Crippen molar-refractivity contribution in [1.82, 2.24) is 5.32 Å². The zero-order chi connectivity index (χ0) is 14.3. The summed E-state index contributed by atoms with van der Waals surface area (Å²) in [5, 5.41) is 12.5. The Morgan fingerprint density at radius 2 is 2.00 bits per heavy atom. The number of hydrogen-bond acceptors (Lipinski definition) is 3. The first kappa shape index (κ1) is 15.8. The number of rotatable bonds is 7. The van der Waals surface area contributed by atoms with Crippen molar-refractivity contribution >= 4 is 0 Å². The Hall–Kier alpha value is -1.27. The molecule has 1 aromatic carbocycles. The fourth-order valence-electron chi connectivity index (χ4n) is 1.52. The van der Waals surface area contributed by atoms with E-state index in [1.165, 1.54) is 18.2 Å². The van der Waals surface area contributed by atoms with Gasteiger partial charge in [-0.1, -0.05) is 19.1 Å². The molecule has 1 unspecified atom stereocenters. The number of alkyl halides is 3. The number of hydrogen-bond donors (Lipinski definition) is 2. The van der Waals surface area contributed by atoms with Crippen molar-refractivity contribution in [3.05, 3.63) is 29.8 Å². The third kappa shape index (κ3) is 5.48. The monoisotopic (exact) mass is 277 g/mol. The van der Waals surface area contributed by atoms with Crippen LogP contribution in [0.5, 0.6) is 5.75 Å². The van der Waals surface area contributed by atoms with Gasteiger partial charge in [-0.2, -0.15) is 13.2 Å². The van der Waals surface area contributed by atoms with Gasteiger partial charge >= 0.3 is 6.18 Å². The minimum Gasteiger partial charge on any atom is -0.490 e. The number of aliphatic hydroxyl groups is 1. The minimum absolute atomic E-state index is 0.177. The average Bonchev–Trinajstić information content (AvgIpc) is 2.36. The molecule has 1 rings (SSSR count). The van der Waals surface area contributed by atoms with E-state index < -0.39 is 17.8 Å². The van der Waals surface area contributed by atoms with Crippen molar-refractivity contribution in [3.8, 4) is 5.75 Å². The van der Waals surface area contributed by atoms with Gasteiger partial charge in [0, 0.05) is 6.54 Å². The molecule has 0 bridgehead atoms. The average molecular weight is 277 g/mol. The summed E-state index contributed by atoms with van der Waals surface area (Å²) in [5.74, 6) is -0.260. The summed E-state index contributed by atoms with van der Waals surface area (Å²) in [6.45, 7) is 2.84. The smallest absolute Gasteiger partial charge is 0.419 e. The maximum absolute atomic E-state index is 12.7. The fourth-order valence-corrected chi connectivity index (χ4v) is 1.52. The summed E-state index contributed by atoms with van der Waals surface area (Å²) in [7, 11) is 0. The Kier molecular flexibility index (Phi) is 6.11. The molecule has 108 valence electrons. The highest BCUT2D eigenvalue weighted by Gasteiger charge is 2.34. The molecule has 6 heteroatoms. The van der Waals surface area contributed by atoms with Crippen LogP contribution in [-0.2, 0) is 6.18 Å². The summed E-state index contributed by atoms with van der Waals surface area (Å²) in [6.07, 6.45) is -4.38. The lowest BCUT2D eigenvalue weighted by molar-refractivity contribution is -0.139. The van der Waals surface area contributed by atoms with Crippen LogP contribution in [0, 0.1) is 0 Å². The minimum atomic E-state index is -4.46. The predicted octanol–water partition coefficient (Wildman–Crippen LogP) is 2.44. The van der Waals surface area contributed by atoms with Crippen LogP contribution in [0.25, 0.3) is 0 Å². The molecule has 0 saturated heterocycles. The lowest BCUT2D eigenvalue weighted by Crippen LogP contribution is -2.32. The third-order valence-electron chi connectivity index (χ3n) is 2.43. The number of ether oxygens (including phenoxy) is 1. The van der Waals surface area contributed by atoms with Crippen molar-refractivity contribution < 1.29 is 23.0 Å². The number of aliphatic hydroxyl groups excluding tert-OH is 1. The second-order valence-corrected chi connectivity index (χ2v) is 4.16. The van der Waals surface area contributed by atoms with Crippen LogP contribution in [-0.4, -0.2) is 30.9 Å². The number of benzene rings is 1. The van der Waals surface area contributed by atoms with Crippen LogP contribution in [0.2, 0.25) is 0 Å². The topological polar surface area (TPSA) is 41.5 Å². The molecule has 1 atom stereocenters. The summed E-state index contributed by atoms with van der Waals surface area (Å²) in [5.41, 5.74) is -0.830. The molecule has 0 aliphatic heterocycles. The van der Waals surface area contributed by atoms with Crippen LogP contribution >= 0.6 is 0 Å². The van der Waals surface area contributed by atoms with Gasteiger partial charge in [0.25, 0.3) is 0 Å². The van der Waals surface area contributed by atoms with E-state index in [0.717, 1.165) is 19.0 Å². The molecule has 1 aromatic rings. The van der Waals surface area contributed by atoms with Crippen molar-refractivity contribution in [2.75, 3.05) is 19.7 Å². The molecule has 0 fully saturated rings. The highest BCUT2D eigenvalue weighted by atomic mass is 19.4. The van der Waals surface area contributed by atoms with E-state index in [0.29, 0.717) is 6.54 Å². The second kappa shape index (κ2) is 7.35. The van der Waals surface area contributed by atoms with Crippen molar-refractivity contribution in [2.24, 2.45) is 0 Å². The van der Waals surface area contributed by atoms with Crippen molar-refractivity contribution in [2.45, 2.75) is 25.6 Å². The lowest BCUT2D eigenvalue weighted by atomic mass is 10.2. The van der Waals surface area contributed by atoms with E-state index in [4.69, 9.17) is 4.74 Å². The molecular weight excluding hydrogens is 259 g/mol. The molecular formula is C13H18F3NO2. The third-order valence-corrected chi connectivity index (χ3v) is 2.43. The Balaban J connectivity index is 2.53. The van der Waals surface area contributed by atoms with Crippen LogP contribution in [0.3, 0.4) is 0 Å². The zero-order valence-corrected chi connectivity index (χ0v) is 10.7. The van der Waals surface area contributed by atoms with Gasteiger partial charge in [-0.15, -0.1) is 0 Å². The SMILES string of the molecule is CCCNCC(O)COc1ccccc1C(F)(F)F. The number of nitrogens with one attached hydrogen (secondary N) is 1. The van der Waals surface area contributed by atoms with E-state index in [-0.39, 0.29) is 12.4 Å². The van der Waals surface area contributed by atoms with Gasteiger partial charge in [-0.25, -0.2) is 0 Å². The van der Waals surface area contributed by atoms with Gasteiger partial charge in [0.1, 0.15) is 18.5 Å². The Bertz CT molecular complexity index is 382. The van der Waals surface area contributed by atoms with Gasteiger partial charge in [-0.05, 0) is 25.1 Å². The Morgan fingerprint density at radius 3 is 2.63 bits per heavy atom. The Labute approximate surface area is 110 Å². The quantitative estimate of drug-likeness (QED) is 0.752. The van der Waals surface area contributed by atoms with E-state index in [2.05, 4.69) is 5.32 Å². The molecule has 3 nitrogen and oxygen atoms in total. The first-order chi connectivity index (χ1) is 8.95. The predicted molar refractivity (Wildman–Crippen MR) is 66.1 cm³/mol. The largest absolute Gasteiger partial charge is 0.490 e. The molecule has 2 N–H and O–H groups in total. The van der Waals surface area contributed by atoms with Gasteiger partial charge in [0.2, 0.25) is 0 Å². The zero-order valence-electron chi connectivity index (χ0n) is 10.7. The van der Waals surface area contributed by atoms with Gasteiger partial charge in [0.15, 0.2) is 0 Å². The van der Waals surface area contributed by atoms with E-state index >= 15 is 0 Å². The molecule has 0 saturated carbocycles. The van der Waals surface area contributed by atoms with E-state index in [1.54, 1.807) is 0 Å². The van der Waals surface area contributed by atoms with Crippen LogP contribution < -0.4 is 10.1 Å². The first-order valence-corrected chi connectivity index (χ1v) is 6.13. The van der Waals surface area contributed by atoms with Crippen LogP contribution in [0.4, 0.5) is 13.2 Å². The summed E-state index contributed by atoms with van der Waals surface area (Å²) in [4.78, 5) is 0. The molecule has 0 aliphatic rings.